The number of aromatic nitrogens is 2. The van der Waals surface area contributed by atoms with Crippen LogP contribution in [0.3, 0.4) is 0 Å². The zero-order chi connectivity index (χ0) is 16.3. The quantitative estimate of drug-likeness (QED) is 0.880. The SMILES string of the molecule is COC(=O)c1cccc(NC(=O)c2c(C)nc(C)nc2C)c1. The minimum atomic E-state index is -0.456. The molecule has 6 nitrogen and oxygen atoms in total. The van der Waals surface area contributed by atoms with Crippen molar-refractivity contribution >= 4 is 17.6 Å². The van der Waals surface area contributed by atoms with Crippen molar-refractivity contribution in [2.24, 2.45) is 0 Å². The first-order valence-corrected chi connectivity index (χ1v) is 6.74. The van der Waals surface area contributed by atoms with E-state index in [-0.39, 0.29) is 5.91 Å². The van der Waals surface area contributed by atoms with Gasteiger partial charge in [-0.3, -0.25) is 4.79 Å². The van der Waals surface area contributed by atoms with Crippen LogP contribution in [-0.2, 0) is 4.74 Å². The van der Waals surface area contributed by atoms with E-state index in [1.807, 2.05) is 0 Å². The lowest BCUT2D eigenvalue weighted by Gasteiger charge is -2.10. The summed E-state index contributed by atoms with van der Waals surface area (Å²) in [6, 6.07) is 6.55. The Labute approximate surface area is 128 Å². The van der Waals surface area contributed by atoms with E-state index < -0.39 is 5.97 Å². The molecule has 2 aromatic rings. The maximum absolute atomic E-state index is 12.4. The van der Waals surface area contributed by atoms with Gasteiger partial charge in [0.2, 0.25) is 0 Å². The average molecular weight is 299 g/mol. The van der Waals surface area contributed by atoms with Gasteiger partial charge in [-0.15, -0.1) is 0 Å². The van der Waals surface area contributed by atoms with Gasteiger partial charge in [0.25, 0.3) is 5.91 Å². The number of carbonyl (C=O) groups excluding carboxylic acids is 2. The van der Waals surface area contributed by atoms with Crippen LogP contribution in [0.2, 0.25) is 0 Å². The lowest BCUT2D eigenvalue weighted by Crippen LogP contribution is -2.17. The Bertz CT molecular complexity index is 718. The number of hydrogen-bond donors (Lipinski definition) is 1. The Morgan fingerprint density at radius 3 is 2.32 bits per heavy atom. The van der Waals surface area contributed by atoms with Gasteiger partial charge in [-0.05, 0) is 39.0 Å². The number of amides is 1. The van der Waals surface area contributed by atoms with Crippen molar-refractivity contribution in [3.63, 3.8) is 0 Å². The second-order valence-corrected chi connectivity index (χ2v) is 4.84. The number of methoxy groups -OCH3 is 1. The molecule has 0 radical (unpaired) electrons. The predicted molar refractivity (Wildman–Crippen MR) is 82.0 cm³/mol. The molecule has 2 rings (SSSR count). The molecule has 1 aromatic heterocycles. The molecule has 114 valence electrons. The summed E-state index contributed by atoms with van der Waals surface area (Å²) in [5.41, 5.74) is 2.55. The zero-order valence-corrected chi connectivity index (χ0v) is 12.9. The standard InChI is InChI=1S/C16H17N3O3/c1-9-14(10(2)18-11(3)17-9)15(20)19-13-7-5-6-12(8-13)16(21)22-4/h5-8H,1-4H3,(H,19,20). The van der Waals surface area contributed by atoms with Gasteiger partial charge in [0, 0.05) is 5.69 Å². The summed E-state index contributed by atoms with van der Waals surface area (Å²) < 4.78 is 4.66. The van der Waals surface area contributed by atoms with Crippen molar-refractivity contribution in [1.29, 1.82) is 0 Å². The Morgan fingerprint density at radius 1 is 1.09 bits per heavy atom. The lowest BCUT2D eigenvalue weighted by molar-refractivity contribution is 0.0600. The number of anilines is 1. The maximum atomic E-state index is 12.4. The Morgan fingerprint density at radius 2 is 1.73 bits per heavy atom. The topological polar surface area (TPSA) is 81.2 Å². The minimum absolute atomic E-state index is 0.308. The van der Waals surface area contributed by atoms with E-state index in [1.165, 1.54) is 7.11 Å². The summed E-state index contributed by atoms with van der Waals surface area (Å²) in [6.07, 6.45) is 0. The van der Waals surface area contributed by atoms with Gasteiger partial charge in [-0.25, -0.2) is 14.8 Å². The zero-order valence-electron chi connectivity index (χ0n) is 12.9. The van der Waals surface area contributed by atoms with E-state index in [1.54, 1.807) is 45.0 Å². The number of nitrogens with one attached hydrogen (secondary N) is 1. The van der Waals surface area contributed by atoms with Crippen LogP contribution in [0.1, 0.15) is 37.9 Å². The van der Waals surface area contributed by atoms with E-state index in [2.05, 4.69) is 20.0 Å². The molecule has 0 aliphatic carbocycles. The highest BCUT2D eigenvalue weighted by Crippen LogP contribution is 2.16. The number of hydrogen-bond acceptors (Lipinski definition) is 5. The molecule has 0 fully saturated rings. The first-order chi connectivity index (χ1) is 10.4. The van der Waals surface area contributed by atoms with Crippen LogP contribution in [0, 0.1) is 20.8 Å². The number of carbonyl (C=O) groups is 2. The molecule has 1 N–H and O–H groups in total. The van der Waals surface area contributed by atoms with E-state index in [0.717, 1.165) is 0 Å². The van der Waals surface area contributed by atoms with E-state index >= 15 is 0 Å². The predicted octanol–water partition coefficient (Wildman–Crippen LogP) is 2.44. The number of aryl methyl sites for hydroxylation is 3. The monoisotopic (exact) mass is 299 g/mol. The number of esters is 1. The van der Waals surface area contributed by atoms with Gasteiger partial charge < -0.3 is 10.1 Å². The second kappa shape index (κ2) is 6.34. The molecular formula is C16H17N3O3. The van der Waals surface area contributed by atoms with Gasteiger partial charge in [0.05, 0.1) is 29.6 Å². The molecule has 0 bridgehead atoms. The van der Waals surface area contributed by atoms with Crippen LogP contribution in [-0.4, -0.2) is 29.0 Å². The van der Waals surface area contributed by atoms with Crippen LogP contribution in [0.5, 0.6) is 0 Å². The third-order valence-electron chi connectivity index (χ3n) is 3.15. The fourth-order valence-corrected chi connectivity index (χ4v) is 2.25. The molecule has 1 amide bonds. The van der Waals surface area contributed by atoms with Crippen molar-refractivity contribution < 1.29 is 14.3 Å². The third kappa shape index (κ3) is 3.28. The van der Waals surface area contributed by atoms with Gasteiger partial charge in [-0.1, -0.05) is 6.07 Å². The smallest absolute Gasteiger partial charge is 0.337 e. The van der Waals surface area contributed by atoms with Crippen molar-refractivity contribution in [3.05, 3.63) is 52.6 Å². The van der Waals surface area contributed by atoms with Gasteiger partial charge >= 0.3 is 5.97 Å². The van der Waals surface area contributed by atoms with Crippen molar-refractivity contribution in [1.82, 2.24) is 9.97 Å². The minimum Gasteiger partial charge on any atom is -0.465 e. The summed E-state index contributed by atoms with van der Waals surface area (Å²) in [7, 11) is 1.31. The first kappa shape index (κ1) is 15.6. The maximum Gasteiger partial charge on any atom is 0.337 e. The van der Waals surface area contributed by atoms with Crippen LogP contribution in [0.15, 0.2) is 24.3 Å². The molecule has 0 saturated carbocycles. The largest absolute Gasteiger partial charge is 0.465 e. The Balaban J connectivity index is 2.28. The molecule has 1 aromatic carbocycles. The van der Waals surface area contributed by atoms with E-state index in [9.17, 15) is 9.59 Å². The number of rotatable bonds is 3. The molecule has 22 heavy (non-hydrogen) atoms. The van der Waals surface area contributed by atoms with E-state index in [4.69, 9.17) is 0 Å². The fourth-order valence-electron chi connectivity index (χ4n) is 2.25. The van der Waals surface area contributed by atoms with Crippen LogP contribution in [0.4, 0.5) is 5.69 Å². The highest BCUT2D eigenvalue weighted by Gasteiger charge is 2.16. The molecule has 1 heterocycles. The number of benzene rings is 1. The number of nitrogens with zero attached hydrogens (tertiary/aromatic N) is 2. The summed E-state index contributed by atoms with van der Waals surface area (Å²) in [5, 5.41) is 2.75. The molecule has 0 unspecified atom stereocenters. The van der Waals surface area contributed by atoms with Crippen molar-refractivity contribution in [2.45, 2.75) is 20.8 Å². The summed E-state index contributed by atoms with van der Waals surface area (Å²) in [4.78, 5) is 32.3. The van der Waals surface area contributed by atoms with Gasteiger partial charge in [-0.2, -0.15) is 0 Å². The van der Waals surface area contributed by atoms with Crippen LogP contribution in [0.25, 0.3) is 0 Å². The summed E-state index contributed by atoms with van der Waals surface area (Å²) >= 11 is 0. The highest BCUT2D eigenvalue weighted by atomic mass is 16.5. The molecule has 6 heteroatoms. The highest BCUT2D eigenvalue weighted by molar-refractivity contribution is 6.06. The van der Waals surface area contributed by atoms with Crippen LogP contribution >= 0.6 is 0 Å². The van der Waals surface area contributed by atoms with E-state index in [0.29, 0.717) is 34.0 Å². The van der Waals surface area contributed by atoms with Crippen molar-refractivity contribution in [3.8, 4) is 0 Å². The van der Waals surface area contributed by atoms with Crippen LogP contribution < -0.4 is 5.32 Å². The fraction of sp³-hybridized carbons (Fsp3) is 0.250. The Kier molecular flexibility index (Phi) is 4.50. The first-order valence-electron chi connectivity index (χ1n) is 6.74. The van der Waals surface area contributed by atoms with Gasteiger partial charge in [0.1, 0.15) is 5.82 Å². The molecule has 0 saturated heterocycles. The Hall–Kier alpha value is -2.76. The molecule has 0 aliphatic rings. The molecular weight excluding hydrogens is 282 g/mol. The van der Waals surface area contributed by atoms with Gasteiger partial charge in [0.15, 0.2) is 0 Å². The van der Waals surface area contributed by atoms with Crippen molar-refractivity contribution in [2.75, 3.05) is 12.4 Å². The lowest BCUT2D eigenvalue weighted by atomic mass is 10.1. The number of ether oxygens (including phenoxy) is 1. The second-order valence-electron chi connectivity index (χ2n) is 4.84. The average Bonchev–Trinajstić information content (AvgIpc) is 2.45. The summed E-state index contributed by atoms with van der Waals surface area (Å²) in [5.74, 6) is -0.140. The molecule has 0 spiro atoms. The third-order valence-corrected chi connectivity index (χ3v) is 3.15. The molecule has 0 atom stereocenters. The molecule has 0 aliphatic heterocycles. The normalized spacial score (nSPS) is 10.2. The summed E-state index contributed by atoms with van der Waals surface area (Å²) in [6.45, 7) is 5.31.